The Labute approximate surface area is 55.6 Å². The van der Waals surface area contributed by atoms with E-state index in [9.17, 15) is 4.79 Å². The van der Waals surface area contributed by atoms with Crippen LogP contribution in [0.2, 0.25) is 0 Å². The third kappa shape index (κ3) is 0.934. The van der Waals surface area contributed by atoms with E-state index in [1.807, 2.05) is 13.8 Å². The SMILES string of the molecule is C[C@H]1[C@@H](C)NC(=O)[C@@H]1C. The molecule has 0 aliphatic carbocycles. The summed E-state index contributed by atoms with van der Waals surface area (Å²) in [7, 11) is 0. The van der Waals surface area contributed by atoms with E-state index < -0.39 is 0 Å². The second-order valence-electron chi connectivity index (χ2n) is 2.95. The Morgan fingerprint density at radius 2 is 1.89 bits per heavy atom. The molecule has 1 aliphatic rings. The van der Waals surface area contributed by atoms with Gasteiger partial charge in [0.2, 0.25) is 5.91 Å². The van der Waals surface area contributed by atoms with Crippen LogP contribution in [0, 0.1) is 11.8 Å². The number of hydrogen-bond donors (Lipinski definition) is 1. The Morgan fingerprint density at radius 3 is 2.00 bits per heavy atom. The molecule has 1 amide bonds. The molecule has 0 saturated carbocycles. The molecule has 0 radical (unpaired) electrons. The molecule has 1 saturated heterocycles. The molecule has 3 atom stereocenters. The largest absolute Gasteiger partial charge is 0.353 e. The van der Waals surface area contributed by atoms with E-state index in [4.69, 9.17) is 0 Å². The van der Waals surface area contributed by atoms with Crippen LogP contribution in [0.3, 0.4) is 0 Å². The van der Waals surface area contributed by atoms with Crippen molar-refractivity contribution in [3.63, 3.8) is 0 Å². The fourth-order valence-electron chi connectivity index (χ4n) is 1.16. The average Bonchev–Trinajstić information content (AvgIpc) is 1.98. The molecule has 0 spiro atoms. The van der Waals surface area contributed by atoms with Crippen LogP contribution in [0.15, 0.2) is 0 Å². The second-order valence-corrected chi connectivity index (χ2v) is 2.95. The zero-order chi connectivity index (χ0) is 7.02. The van der Waals surface area contributed by atoms with Crippen LogP contribution in [-0.4, -0.2) is 11.9 Å². The second kappa shape index (κ2) is 2.01. The summed E-state index contributed by atoms with van der Waals surface area (Å²) in [4.78, 5) is 10.9. The lowest BCUT2D eigenvalue weighted by atomic mass is 9.95. The van der Waals surface area contributed by atoms with Gasteiger partial charge in [0.15, 0.2) is 0 Å². The Morgan fingerprint density at radius 1 is 1.33 bits per heavy atom. The molecular weight excluding hydrogens is 114 g/mol. The minimum absolute atomic E-state index is 0.204. The van der Waals surface area contributed by atoms with Gasteiger partial charge in [-0.1, -0.05) is 13.8 Å². The van der Waals surface area contributed by atoms with Gasteiger partial charge in [-0.2, -0.15) is 0 Å². The summed E-state index contributed by atoms with van der Waals surface area (Å²) in [5, 5.41) is 2.88. The molecule has 0 unspecified atom stereocenters. The molecule has 1 aliphatic heterocycles. The maximum Gasteiger partial charge on any atom is 0.223 e. The first-order valence-corrected chi connectivity index (χ1v) is 3.43. The van der Waals surface area contributed by atoms with Gasteiger partial charge in [0.25, 0.3) is 0 Å². The summed E-state index contributed by atoms with van der Waals surface area (Å²) >= 11 is 0. The number of rotatable bonds is 0. The van der Waals surface area contributed by atoms with Gasteiger partial charge in [-0.25, -0.2) is 0 Å². The van der Waals surface area contributed by atoms with Crippen LogP contribution in [-0.2, 0) is 4.79 Å². The lowest BCUT2D eigenvalue weighted by Gasteiger charge is -2.08. The van der Waals surface area contributed by atoms with E-state index in [-0.39, 0.29) is 11.8 Å². The molecule has 52 valence electrons. The van der Waals surface area contributed by atoms with Crippen molar-refractivity contribution in [3.8, 4) is 0 Å². The molecule has 1 N–H and O–H groups in total. The smallest absolute Gasteiger partial charge is 0.223 e. The first-order valence-electron chi connectivity index (χ1n) is 3.43. The molecule has 9 heavy (non-hydrogen) atoms. The van der Waals surface area contributed by atoms with Crippen molar-refractivity contribution < 1.29 is 4.79 Å². The lowest BCUT2D eigenvalue weighted by Crippen LogP contribution is -2.24. The highest BCUT2D eigenvalue weighted by Crippen LogP contribution is 2.21. The van der Waals surface area contributed by atoms with Crippen molar-refractivity contribution in [2.24, 2.45) is 11.8 Å². The Hall–Kier alpha value is -0.530. The Balaban J connectivity index is 2.65. The highest BCUT2D eigenvalue weighted by molar-refractivity contribution is 5.81. The molecular formula is C7H13NO. The number of hydrogen-bond acceptors (Lipinski definition) is 1. The minimum atomic E-state index is 0.204. The van der Waals surface area contributed by atoms with Gasteiger partial charge in [-0.15, -0.1) is 0 Å². The standard InChI is InChI=1S/C7H13NO/c1-4-5(2)7(9)8-6(4)3/h4-6H,1-3H3,(H,8,9)/t4-,5-,6-/m1/s1. The van der Waals surface area contributed by atoms with Gasteiger partial charge in [-0.3, -0.25) is 4.79 Å². The van der Waals surface area contributed by atoms with Gasteiger partial charge in [0, 0.05) is 12.0 Å². The maximum absolute atomic E-state index is 10.9. The van der Waals surface area contributed by atoms with Crippen molar-refractivity contribution in [2.75, 3.05) is 0 Å². The van der Waals surface area contributed by atoms with E-state index in [2.05, 4.69) is 12.2 Å². The predicted octanol–water partition coefficient (Wildman–Crippen LogP) is 0.777. The van der Waals surface area contributed by atoms with E-state index in [1.165, 1.54) is 0 Å². The molecule has 0 aromatic carbocycles. The highest BCUT2D eigenvalue weighted by atomic mass is 16.2. The number of nitrogens with one attached hydrogen (secondary N) is 1. The zero-order valence-electron chi connectivity index (χ0n) is 6.14. The summed E-state index contributed by atoms with van der Waals surface area (Å²) in [6.07, 6.45) is 0. The normalized spacial score (nSPS) is 43.0. The maximum atomic E-state index is 10.9. The fourth-order valence-corrected chi connectivity index (χ4v) is 1.16. The van der Waals surface area contributed by atoms with Crippen LogP contribution in [0.25, 0.3) is 0 Å². The summed E-state index contributed by atoms with van der Waals surface area (Å²) < 4.78 is 0. The molecule has 0 aromatic heterocycles. The van der Waals surface area contributed by atoms with Crippen molar-refractivity contribution in [1.82, 2.24) is 5.32 Å². The Kier molecular flexibility index (Phi) is 1.47. The van der Waals surface area contributed by atoms with E-state index in [0.29, 0.717) is 12.0 Å². The lowest BCUT2D eigenvalue weighted by molar-refractivity contribution is -0.122. The van der Waals surface area contributed by atoms with Crippen molar-refractivity contribution >= 4 is 5.91 Å². The number of carbonyl (C=O) groups is 1. The van der Waals surface area contributed by atoms with Gasteiger partial charge < -0.3 is 5.32 Å². The monoisotopic (exact) mass is 127 g/mol. The van der Waals surface area contributed by atoms with Gasteiger partial charge in [0.05, 0.1) is 0 Å². The zero-order valence-corrected chi connectivity index (χ0v) is 6.14. The molecule has 1 fully saturated rings. The average molecular weight is 127 g/mol. The van der Waals surface area contributed by atoms with Crippen molar-refractivity contribution in [1.29, 1.82) is 0 Å². The first-order chi connectivity index (χ1) is 4.13. The number of amides is 1. The molecule has 2 nitrogen and oxygen atoms in total. The van der Waals surface area contributed by atoms with Gasteiger partial charge in [-0.05, 0) is 12.8 Å². The fraction of sp³-hybridized carbons (Fsp3) is 0.857. The first kappa shape index (κ1) is 6.59. The van der Waals surface area contributed by atoms with E-state index >= 15 is 0 Å². The number of carbonyl (C=O) groups excluding carboxylic acids is 1. The van der Waals surface area contributed by atoms with Crippen LogP contribution in [0.5, 0.6) is 0 Å². The molecule has 1 rings (SSSR count). The van der Waals surface area contributed by atoms with Gasteiger partial charge in [0.1, 0.15) is 0 Å². The van der Waals surface area contributed by atoms with E-state index in [1.54, 1.807) is 0 Å². The van der Waals surface area contributed by atoms with Crippen LogP contribution >= 0.6 is 0 Å². The summed E-state index contributed by atoms with van der Waals surface area (Å²) in [6, 6.07) is 0.368. The third-order valence-corrected chi connectivity index (χ3v) is 2.36. The third-order valence-electron chi connectivity index (χ3n) is 2.36. The van der Waals surface area contributed by atoms with Crippen molar-refractivity contribution in [3.05, 3.63) is 0 Å². The molecule has 2 heteroatoms. The minimum Gasteiger partial charge on any atom is -0.353 e. The van der Waals surface area contributed by atoms with E-state index in [0.717, 1.165) is 0 Å². The van der Waals surface area contributed by atoms with Crippen LogP contribution < -0.4 is 5.32 Å². The highest BCUT2D eigenvalue weighted by Gasteiger charge is 2.32. The summed E-state index contributed by atoms with van der Waals surface area (Å²) in [5.74, 6) is 0.910. The van der Waals surface area contributed by atoms with Crippen LogP contribution in [0.1, 0.15) is 20.8 Å². The molecule has 0 bridgehead atoms. The quantitative estimate of drug-likeness (QED) is 0.512. The molecule has 1 heterocycles. The molecule has 0 aromatic rings. The predicted molar refractivity (Wildman–Crippen MR) is 35.9 cm³/mol. The Bertz CT molecular complexity index is 133. The van der Waals surface area contributed by atoms with Crippen molar-refractivity contribution in [2.45, 2.75) is 26.8 Å². The van der Waals surface area contributed by atoms with Gasteiger partial charge >= 0.3 is 0 Å². The summed E-state index contributed by atoms with van der Waals surface area (Å²) in [6.45, 7) is 6.13. The van der Waals surface area contributed by atoms with Crippen LogP contribution in [0.4, 0.5) is 0 Å². The summed E-state index contributed by atoms with van der Waals surface area (Å²) in [5.41, 5.74) is 0. The topological polar surface area (TPSA) is 29.1 Å².